The van der Waals surface area contributed by atoms with Gasteiger partial charge in [0.15, 0.2) is 28.4 Å². The van der Waals surface area contributed by atoms with Gasteiger partial charge >= 0.3 is 0 Å². The summed E-state index contributed by atoms with van der Waals surface area (Å²) < 4.78 is 64.5. The van der Waals surface area contributed by atoms with Crippen LogP contribution in [0.3, 0.4) is 0 Å². The Hall–Kier alpha value is -1.44. The van der Waals surface area contributed by atoms with Crippen molar-refractivity contribution in [1.82, 2.24) is 5.32 Å². The van der Waals surface area contributed by atoms with E-state index in [4.69, 9.17) is 0 Å². The second kappa shape index (κ2) is 5.26. The van der Waals surface area contributed by atoms with Crippen molar-refractivity contribution < 1.29 is 22.0 Å². The van der Waals surface area contributed by atoms with Gasteiger partial charge in [-0.1, -0.05) is 0 Å². The predicted octanol–water partition coefficient (Wildman–Crippen LogP) is 2.69. The lowest BCUT2D eigenvalue weighted by Crippen LogP contribution is -2.29. The standard InChI is InChI=1S/C9H7F5N2S/c1-2-15-9(17)16-8-6(13)4(11)3(10)5(12)7(8)14/h2H2,1H3,(H2,15,16,17). The van der Waals surface area contributed by atoms with E-state index in [1.54, 1.807) is 6.92 Å². The molecule has 0 spiro atoms. The highest BCUT2D eigenvalue weighted by Gasteiger charge is 2.26. The number of halogens is 5. The SMILES string of the molecule is CCNC(=S)Nc1c(F)c(F)c(F)c(F)c1F. The Morgan fingerprint density at radius 1 is 0.941 bits per heavy atom. The normalized spacial score (nSPS) is 10.2. The Morgan fingerprint density at radius 3 is 1.76 bits per heavy atom. The van der Waals surface area contributed by atoms with Crippen LogP contribution in [0.1, 0.15) is 6.92 Å². The van der Waals surface area contributed by atoms with Gasteiger partial charge in [0.1, 0.15) is 5.69 Å². The average molecular weight is 270 g/mol. The highest BCUT2D eigenvalue weighted by Crippen LogP contribution is 2.26. The molecule has 1 aromatic rings. The quantitative estimate of drug-likeness (QED) is 0.374. The molecule has 0 aliphatic rings. The van der Waals surface area contributed by atoms with Crippen LogP contribution >= 0.6 is 12.2 Å². The first kappa shape index (κ1) is 13.6. The molecule has 1 rings (SSSR count). The molecule has 0 aliphatic heterocycles. The van der Waals surface area contributed by atoms with Crippen molar-refractivity contribution in [1.29, 1.82) is 0 Å². The van der Waals surface area contributed by atoms with Crippen LogP contribution in [0.5, 0.6) is 0 Å². The van der Waals surface area contributed by atoms with E-state index in [2.05, 4.69) is 17.5 Å². The van der Waals surface area contributed by atoms with Gasteiger partial charge < -0.3 is 10.6 Å². The van der Waals surface area contributed by atoms with Gasteiger partial charge in [-0.15, -0.1) is 0 Å². The highest BCUT2D eigenvalue weighted by atomic mass is 32.1. The fourth-order valence-electron chi connectivity index (χ4n) is 1.03. The van der Waals surface area contributed by atoms with Crippen molar-refractivity contribution in [3.8, 4) is 0 Å². The van der Waals surface area contributed by atoms with Gasteiger partial charge in [-0.25, -0.2) is 22.0 Å². The molecule has 0 atom stereocenters. The van der Waals surface area contributed by atoms with Crippen molar-refractivity contribution in [3.05, 3.63) is 29.1 Å². The van der Waals surface area contributed by atoms with Crippen LogP contribution in [-0.2, 0) is 0 Å². The Labute approximate surface area is 98.8 Å². The molecule has 0 unspecified atom stereocenters. The topological polar surface area (TPSA) is 24.1 Å². The van der Waals surface area contributed by atoms with Gasteiger partial charge in [0, 0.05) is 6.54 Å². The summed E-state index contributed by atoms with van der Waals surface area (Å²) in [7, 11) is 0. The first-order valence-electron chi connectivity index (χ1n) is 4.46. The predicted molar refractivity (Wildman–Crippen MR) is 56.1 cm³/mol. The first-order chi connectivity index (χ1) is 7.90. The summed E-state index contributed by atoms with van der Waals surface area (Å²) >= 11 is 4.58. The molecule has 2 N–H and O–H groups in total. The van der Waals surface area contributed by atoms with Crippen molar-refractivity contribution in [2.45, 2.75) is 6.92 Å². The summed E-state index contributed by atoms with van der Waals surface area (Å²) in [5.74, 6) is -10.2. The average Bonchev–Trinajstić information content (AvgIpc) is 2.30. The number of rotatable bonds is 2. The maximum atomic E-state index is 13.1. The molecule has 0 aromatic heterocycles. The molecule has 0 heterocycles. The van der Waals surface area contributed by atoms with Gasteiger partial charge in [0.25, 0.3) is 0 Å². The number of thiocarbonyl (C=S) groups is 1. The zero-order chi connectivity index (χ0) is 13.2. The van der Waals surface area contributed by atoms with Gasteiger partial charge in [0.05, 0.1) is 0 Å². The van der Waals surface area contributed by atoms with Crippen LogP contribution in [-0.4, -0.2) is 11.7 Å². The minimum absolute atomic E-state index is 0.240. The second-order valence-corrected chi connectivity index (χ2v) is 3.34. The largest absolute Gasteiger partial charge is 0.363 e. The fraction of sp³-hybridized carbons (Fsp3) is 0.222. The third kappa shape index (κ3) is 2.63. The summed E-state index contributed by atoms with van der Waals surface area (Å²) in [4.78, 5) is 0. The summed E-state index contributed by atoms with van der Waals surface area (Å²) in [6, 6.07) is 0. The monoisotopic (exact) mass is 270 g/mol. The number of benzene rings is 1. The second-order valence-electron chi connectivity index (χ2n) is 2.93. The first-order valence-corrected chi connectivity index (χ1v) is 4.87. The van der Waals surface area contributed by atoms with Gasteiger partial charge in [-0.3, -0.25) is 0 Å². The molecule has 1 aromatic carbocycles. The molecule has 0 amide bonds. The Kier molecular flexibility index (Phi) is 4.22. The van der Waals surface area contributed by atoms with Crippen LogP contribution in [0, 0.1) is 29.1 Å². The third-order valence-corrected chi connectivity index (χ3v) is 2.03. The van der Waals surface area contributed by atoms with Crippen LogP contribution in [0.2, 0.25) is 0 Å². The van der Waals surface area contributed by atoms with Crippen molar-refractivity contribution in [2.24, 2.45) is 0 Å². The van der Waals surface area contributed by atoms with Crippen LogP contribution in [0.15, 0.2) is 0 Å². The zero-order valence-electron chi connectivity index (χ0n) is 8.51. The van der Waals surface area contributed by atoms with Crippen LogP contribution in [0.4, 0.5) is 27.6 Å². The number of hydrogen-bond acceptors (Lipinski definition) is 1. The summed E-state index contributed by atoms with van der Waals surface area (Å²) in [6.07, 6.45) is 0. The molecular formula is C9H7F5N2S. The van der Waals surface area contributed by atoms with Crippen LogP contribution < -0.4 is 10.6 Å². The van der Waals surface area contributed by atoms with E-state index in [0.717, 1.165) is 0 Å². The lowest BCUT2D eigenvalue weighted by atomic mass is 10.2. The number of hydrogen-bond donors (Lipinski definition) is 2. The molecule has 0 radical (unpaired) electrons. The maximum Gasteiger partial charge on any atom is 0.200 e. The van der Waals surface area contributed by atoms with Crippen molar-refractivity contribution in [3.63, 3.8) is 0 Å². The molecule has 94 valence electrons. The Morgan fingerprint density at radius 2 is 1.35 bits per heavy atom. The van der Waals surface area contributed by atoms with E-state index < -0.39 is 34.8 Å². The minimum Gasteiger partial charge on any atom is -0.363 e. The molecule has 17 heavy (non-hydrogen) atoms. The van der Waals surface area contributed by atoms with Crippen molar-refractivity contribution >= 4 is 23.0 Å². The van der Waals surface area contributed by atoms with Gasteiger partial charge in [-0.05, 0) is 19.1 Å². The zero-order valence-corrected chi connectivity index (χ0v) is 9.32. The Bertz CT molecular complexity index is 434. The lowest BCUT2D eigenvalue weighted by molar-refractivity contribution is 0.382. The van der Waals surface area contributed by atoms with E-state index in [0.29, 0.717) is 6.54 Å². The maximum absolute atomic E-state index is 13.1. The summed E-state index contributed by atoms with van der Waals surface area (Å²) in [6.45, 7) is 1.98. The number of anilines is 1. The third-order valence-electron chi connectivity index (χ3n) is 1.79. The molecule has 2 nitrogen and oxygen atoms in total. The van der Waals surface area contributed by atoms with Gasteiger partial charge in [-0.2, -0.15) is 0 Å². The molecule has 0 bridgehead atoms. The Balaban J connectivity index is 3.20. The van der Waals surface area contributed by atoms with E-state index in [-0.39, 0.29) is 5.11 Å². The van der Waals surface area contributed by atoms with E-state index in [9.17, 15) is 22.0 Å². The smallest absolute Gasteiger partial charge is 0.200 e. The van der Waals surface area contributed by atoms with Crippen LogP contribution in [0.25, 0.3) is 0 Å². The minimum atomic E-state index is -2.21. The molecule has 0 saturated heterocycles. The van der Waals surface area contributed by atoms with Gasteiger partial charge in [0.2, 0.25) is 5.82 Å². The van der Waals surface area contributed by atoms with E-state index >= 15 is 0 Å². The van der Waals surface area contributed by atoms with E-state index in [1.807, 2.05) is 5.32 Å². The molecule has 0 fully saturated rings. The lowest BCUT2D eigenvalue weighted by Gasteiger charge is -2.11. The summed E-state index contributed by atoms with van der Waals surface area (Å²) in [5, 5.41) is 4.12. The molecule has 0 saturated carbocycles. The molecule has 8 heteroatoms. The summed E-state index contributed by atoms with van der Waals surface area (Å²) in [5.41, 5.74) is -1.17. The molecule has 0 aliphatic carbocycles. The highest BCUT2D eigenvalue weighted by molar-refractivity contribution is 7.80. The molecular weight excluding hydrogens is 263 g/mol. The van der Waals surface area contributed by atoms with Crippen molar-refractivity contribution in [2.75, 3.05) is 11.9 Å². The number of nitrogens with one attached hydrogen (secondary N) is 2. The van der Waals surface area contributed by atoms with E-state index in [1.165, 1.54) is 0 Å². The fourth-order valence-corrected chi connectivity index (χ4v) is 1.28.